The van der Waals surface area contributed by atoms with E-state index in [-0.39, 0.29) is 0 Å². The smallest absolute Gasteiger partial charge is 0.00940 e. The van der Waals surface area contributed by atoms with Crippen LogP contribution in [-0.4, -0.2) is 49.7 Å². The molecular formula is C13H27N3. The molecule has 3 nitrogen and oxygen atoms in total. The van der Waals surface area contributed by atoms with Crippen LogP contribution in [0.3, 0.4) is 0 Å². The highest BCUT2D eigenvalue weighted by Gasteiger charge is 2.21. The van der Waals surface area contributed by atoms with Crippen LogP contribution in [-0.2, 0) is 0 Å². The number of rotatable bonds is 3. The predicted octanol–water partition coefficient (Wildman–Crippen LogP) is 1.20. The lowest BCUT2D eigenvalue weighted by molar-refractivity contribution is 0.196. The lowest BCUT2D eigenvalue weighted by atomic mass is 10.0. The van der Waals surface area contributed by atoms with Gasteiger partial charge in [-0.25, -0.2) is 0 Å². The highest BCUT2D eigenvalue weighted by Crippen LogP contribution is 2.13. The lowest BCUT2D eigenvalue weighted by Gasteiger charge is -2.33. The first-order valence-electron chi connectivity index (χ1n) is 7.07. The van der Waals surface area contributed by atoms with Gasteiger partial charge in [-0.05, 0) is 64.8 Å². The van der Waals surface area contributed by atoms with Gasteiger partial charge in [-0.3, -0.25) is 0 Å². The van der Waals surface area contributed by atoms with Crippen LogP contribution in [0.1, 0.15) is 39.0 Å². The van der Waals surface area contributed by atoms with Crippen LogP contribution >= 0.6 is 0 Å². The van der Waals surface area contributed by atoms with Crippen LogP contribution in [0.25, 0.3) is 0 Å². The molecule has 2 saturated heterocycles. The van der Waals surface area contributed by atoms with E-state index in [4.69, 9.17) is 0 Å². The maximum Gasteiger partial charge on any atom is 0.00940 e. The van der Waals surface area contributed by atoms with Crippen molar-refractivity contribution in [3.05, 3.63) is 0 Å². The molecule has 16 heavy (non-hydrogen) atoms. The number of nitrogens with one attached hydrogen (secondary N) is 2. The van der Waals surface area contributed by atoms with Gasteiger partial charge >= 0.3 is 0 Å². The Morgan fingerprint density at radius 2 is 1.81 bits per heavy atom. The average molecular weight is 225 g/mol. The predicted molar refractivity (Wildman–Crippen MR) is 68.8 cm³/mol. The van der Waals surface area contributed by atoms with Crippen molar-refractivity contribution in [1.29, 1.82) is 0 Å². The minimum absolute atomic E-state index is 0.771. The van der Waals surface area contributed by atoms with E-state index in [1.165, 1.54) is 64.8 Å². The normalized spacial score (nSPS) is 30.2. The van der Waals surface area contributed by atoms with E-state index in [2.05, 4.69) is 22.5 Å². The highest BCUT2D eigenvalue weighted by atomic mass is 15.1. The summed E-state index contributed by atoms with van der Waals surface area (Å²) in [6.07, 6.45) is 6.70. The Balaban J connectivity index is 1.69. The van der Waals surface area contributed by atoms with Gasteiger partial charge in [0.25, 0.3) is 0 Å². The average Bonchev–Trinajstić information content (AvgIpc) is 2.59. The van der Waals surface area contributed by atoms with Gasteiger partial charge in [0.15, 0.2) is 0 Å². The summed E-state index contributed by atoms with van der Waals surface area (Å²) in [5, 5.41) is 7.36. The fourth-order valence-electron chi connectivity index (χ4n) is 2.93. The molecule has 1 unspecified atom stereocenters. The summed E-state index contributed by atoms with van der Waals surface area (Å²) in [6.45, 7) is 8.49. The summed E-state index contributed by atoms with van der Waals surface area (Å²) in [4.78, 5) is 2.56. The van der Waals surface area contributed by atoms with Crippen molar-refractivity contribution in [1.82, 2.24) is 15.5 Å². The van der Waals surface area contributed by atoms with Gasteiger partial charge in [0, 0.05) is 12.1 Å². The van der Waals surface area contributed by atoms with Gasteiger partial charge in [-0.1, -0.05) is 6.92 Å². The molecule has 2 rings (SSSR count). The molecule has 3 heteroatoms. The quantitative estimate of drug-likeness (QED) is 0.756. The second-order valence-corrected chi connectivity index (χ2v) is 5.25. The van der Waals surface area contributed by atoms with Crippen molar-refractivity contribution in [3.8, 4) is 0 Å². The summed E-state index contributed by atoms with van der Waals surface area (Å²) in [7, 11) is 0. The molecule has 0 saturated carbocycles. The molecule has 0 amide bonds. The Bertz CT molecular complexity index is 180. The van der Waals surface area contributed by atoms with E-state index in [1.807, 2.05) is 0 Å². The number of hydrogen-bond donors (Lipinski definition) is 2. The Morgan fingerprint density at radius 3 is 2.56 bits per heavy atom. The van der Waals surface area contributed by atoms with Crippen LogP contribution in [0.15, 0.2) is 0 Å². The van der Waals surface area contributed by atoms with E-state index in [1.54, 1.807) is 0 Å². The lowest BCUT2D eigenvalue weighted by Crippen LogP contribution is -2.46. The maximum absolute atomic E-state index is 3.88. The van der Waals surface area contributed by atoms with E-state index < -0.39 is 0 Å². The number of likely N-dealkylation sites (tertiary alicyclic amines) is 1. The van der Waals surface area contributed by atoms with Crippen LogP contribution in [0.2, 0.25) is 0 Å². The first kappa shape index (κ1) is 12.3. The highest BCUT2D eigenvalue weighted by molar-refractivity contribution is 4.81. The molecule has 0 aliphatic carbocycles. The molecule has 1 atom stereocenters. The first-order chi connectivity index (χ1) is 7.88. The van der Waals surface area contributed by atoms with E-state index in [0.29, 0.717) is 0 Å². The van der Waals surface area contributed by atoms with Gasteiger partial charge < -0.3 is 15.5 Å². The molecule has 2 N–H and O–H groups in total. The molecule has 2 aliphatic heterocycles. The van der Waals surface area contributed by atoms with Crippen LogP contribution in [0, 0.1) is 0 Å². The second-order valence-electron chi connectivity index (χ2n) is 5.25. The standard InChI is InChI=1S/C13H27N3/c1-2-16-10-6-13(7-11-16)15-12-4-3-8-14-9-5-12/h12-15H,2-11H2,1H3. The Kier molecular flexibility index (Phi) is 5.07. The third-order valence-electron chi connectivity index (χ3n) is 4.08. The summed E-state index contributed by atoms with van der Waals surface area (Å²) < 4.78 is 0. The molecule has 2 heterocycles. The Labute approximate surface area is 100.0 Å². The fraction of sp³-hybridized carbons (Fsp3) is 1.00. The molecule has 0 aromatic carbocycles. The summed E-state index contributed by atoms with van der Waals surface area (Å²) in [5.41, 5.74) is 0. The SMILES string of the molecule is CCN1CCC(NC2CCCNCC2)CC1. The van der Waals surface area contributed by atoms with Crippen molar-refractivity contribution in [2.75, 3.05) is 32.7 Å². The second kappa shape index (κ2) is 6.58. The zero-order chi connectivity index (χ0) is 11.2. The summed E-state index contributed by atoms with van der Waals surface area (Å²) in [6, 6.07) is 1.55. The van der Waals surface area contributed by atoms with Gasteiger partial charge in [0.2, 0.25) is 0 Å². The molecule has 94 valence electrons. The van der Waals surface area contributed by atoms with Crippen molar-refractivity contribution in [2.24, 2.45) is 0 Å². The summed E-state index contributed by atoms with van der Waals surface area (Å²) in [5.74, 6) is 0. The zero-order valence-corrected chi connectivity index (χ0v) is 10.7. The van der Waals surface area contributed by atoms with Crippen molar-refractivity contribution >= 4 is 0 Å². The number of nitrogens with zero attached hydrogens (tertiary/aromatic N) is 1. The molecule has 2 aliphatic rings. The first-order valence-corrected chi connectivity index (χ1v) is 7.07. The minimum atomic E-state index is 0.771. The molecule has 0 aromatic heterocycles. The molecule has 0 spiro atoms. The molecule has 0 radical (unpaired) electrons. The number of piperidine rings is 1. The van der Waals surface area contributed by atoms with Crippen LogP contribution in [0.4, 0.5) is 0 Å². The topological polar surface area (TPSA) is 27.3 Å². The van der Waals surface area contributed by atoms with Gasteiger partial charge in [0.1, 0.15) is 0 Å². The van der Waals surface area contributed by atoms with E-state index in [0.717, 1.165) is 12.1 Å². The van der Waals surface area contributed by atoms with Gasteiger partial charge in [-0.15, -0.1) is 0 Å². The summed E-state index contributed by atoms with van der Waals surface area (Å²) >= 11 is 0. The fourth-order valence-corrected chi connectivity index (χ4v) is 2.93. The van der Waals surface area contributed by atoms with Crippen molar-refractivity contribution in [3.63, 3.8) is 0 Å². The third kappa shape index (κ3) is 3.72. The van der Waals surface area contributed by atoms with Crippen molar-refractivity contribution < 1.29 is 0 Å². The van der Waals surface area contributed by atoms with E-state index >= 15 is 0 Å². The van der Waals surface area contributed by atoms with Gasteiger partial charge in [-0.2, -0.15) is 0 Å². The monoisotopic (exact) mass is 225 g/mol. The Morgan fingerprint density at radius 1 is 1.06 bits per heavy atom. The number of hydrogen-bond acceptors (Lipinski definition) is 3. The van der Waals surface area contributed by atoms with Gasteiger partial charge in [0.05, 0.1) is 0 Å². The Hall–Kier alpha value is -0.120. The molecular weight excluding hydrogens is 198 g/mol. The largest absolute Gasteiger partial charge is 0.317 e. The molecule has 0 aromatic rings. The van der Waals surface area contributed by atoms with Crippen LogP contribution in [0.5, 0.6) is 0 Å². The third-order valence-corrected chi connectivity index (χ3v) is 4.08. The van der Waals surface area contributed by atoms with Crippen molar-refractivity contribution in [2.45, 2.75) is 51.1 Å². The van der Waals surface area contributed by atoms with Crippen LogP contribution < -0.4 is 10.6 Å². The zero-order valence-electron chi connectivity index (χ0n) is 10.7. The minimum Gasteiger partial charge on any atom is -0.317 e. The van der Waals surface area contributed by atoms with E-state index in [9.17, 15) is 0 Å². The maximum atomic E-state index is 3.88. The molecule has 2 fully saturated rings. The molecule has 0 bridgehead atoms.